The molecule has 4 rings (SSSR count). The fourth-order valence-electron chi connectivity index (χ4n) is 4.26. The molecule has 0 saturated carbocycles. The van der Waals surface area contributed by atoms with Gasteiger partial charge in [0.2, 0.25) is 0 Å². The van der Waals surface area contributed by atoms with Crippen molar-refractivity contribution in [1.82, 2.24) is 9.78 Å². The number of ether oxygens (including phenoxy) is 3. The molecule has 1 aromatic heterocycles. The Labute approximate surface area is 233 Å². The minimum Gasteiger partial charge on any atom is -0.486 e. The number of thioether (sulfide) groups is 1. The van der Waals surface area contributed by atoms with Gasteiger partial charge in [-0.3, -0.25) is 13.8 Å². The van der Waals surface area contributed by atoms with Crippen LogP contribution in [0.5, 0.6) is 11.6 Å². The Morgan fingerprint density at radius 3 is 2.72 bits per heavy atom. The topological polar surface area (TPSA) is 100.0 Å². The van der Waals surface area contributed by atoms with Crippen LogP contribution < -0.4 is 13.8 Å². The van der Waals surface area contributed by atoms with Crippen LogP contribution in [0.25, 0.3) is 12.2 Å². The summed E-state index contributed by atoms with van der Waals surface area (Å²) in [6.07, 6.45) is 7.34. The fourth-order valence-corrected chi connectivity index (χ4v) is 6.42. The first-order valence-electron chi connectivity index (χ1n) is 12.7. The van der Waals surface area contributed by atoms with Crippen molar-refractivity contribution < 1.29 is 27.4 Å². The molecule has 0 saturated heterocycles. The molecule has 208 valence electrons. The van der Waals surface area contributed by atoms with Gasteiger partial charge in [-0.05, 0) is 55.9 Å². The molecular formula is C28H33N3O6S2. The van der Waals surface area contributed by atoms with Gasteiger partial charge in [-0.15, -0.1) is 16.9 Å². The van der Waals surface area contributed by atoms with Crippen molar-refractivity contribution in [3.8, 4) is 11.6 Å². The van der Waals surface area contributed by atoms with Crippen LogP contribution in [-0.2, 0) is 26.1 Å². The average molecular weight is 572 g/mol. The van der Waals surface area contributed by atoms with Crippen LogP contribution in [0.15, 0.2) is 58.5 Å². The Kier molecular flexibility index (Phi) is 9.24. The number of hydrogen-bond acceptors (Lipinski definition) is 8. The quantitative estimate of drug-likeness (QED) is 0.178. The monoisotopic (exact) mass is 571 g/mol. The van der Waals surface area contributed by atoms with Crippen LogP contribution in [0.3, 0.4) is 0 Å². The number of rotatable bonds is 11. The van der Waals surface area contributed by atoms with Crippen molar-refractivity contribution in [2.24, 2.45) is 0 Å². The molecular weight excluding hydrogens is 538 g/mol. The first kappa shape index (κ1) is 28.6. The summed E-state index contributed by atoms with van der Waals surface area (Å²) < 4.78 is 47.6. The summed E-state index contributed by atoms with van der Waals surface area (Å²) in [7, 11) is -2.76. The van der Waals surface area contributed by atoms with E-state index in [4.69, 9.17) is 14.2 Å². The van der Waals surface area contributed by atoms with Crippen molar-refractivity contribution in [2.45, 2.75) is 49.1 Å². The largest absolute Gasteiger partial charge is 0.486 e. The van der Waals surface area contributed by atoms with Gasteiger partial charge in [-0.2, -0.15) is 0 Å². The van der Waals surface area contributed by atoms with Gasteiger partial charge in [0.15, 0.2) is 4.90 Å². The molecule has 2 heterocycles. The highest BCUT2D eigenvalue weighted by Gasteiger charge is 2.37. The molecule has 11 heteroatoms. The molecule has 0 unspecified atom stereocenters. The summed E-state index contributed by atoms with van der Waals surface area (Å²) in [6.45, 7) is 4.44. The van der Waals surface area contributed by atoms with Gasteiger partial charge in [0.05, 0.1) is 25.9 Å². The van der Waals surface area contributed by atoms with Gasteiger partial charge < -0.3 is 14.2 Å². The van der Waals surface area contributed by atoms with Gasteiger partial charge in [-0.25, -0.2) is 8.42 Å². The second-order valence-corrected chi connectivity index (χ2v) is 11.5. The van der Waals surface area contributed by atoms with E-state index in [2.05, 4.69) is 11.2 Å². The van der Waals surface area contributed by atoms with E-state index in [1.54, 1.807) is 30.8 Å². The Morgan fingerprint density at radius 1 is 1.21 bits per heavy atom. The standard InChI is InChI=1S/C28H33N3O6S2/c1-5-30-19-26(28(29-30)36-6-2)39(33,34)31-18-22(14-16-27(32)35-3)37-24-15-12-20(17-23(24)31)11-13-21-9-7-8-10-25(21)38-4/h7-13,15,17,19,22H,5-6,14,16,18H2,1-4H3/b13-11+/t22-/m0/s1. The highest BCUT2D eigenvalue weighted by atomic mass is 32.2. The first-order chi connectivity index (χ1) is 18.8. The molecule has 1 atom stereocenters. The molecule has 9 nitrogen and oxygen atoms in total. The number of hydrogen-bond donors (Lipinski definition) is 0. The number of carbonyl (C=O) groups is 1. The highest BCUT2D eigenvalue weighted by molar-refractivity contribution is 7.98. The number of benzene rings is 2. The zero-order chi connectivity index (χ0) is 28.0. The van der Waals surface area contributed by atoms with E-state index in [0.717, 1.165) is 16.0 Å². The van der Waals surface area contributed by atoms with Gasteiger partial charge in [0.25, 0.3) is 15.9 Å². The summed E-state index contributed by atoms with van der Waals surface area (Å²) >= 11 is 1.66. The lowest BCUT2D eigenvalue weighted by molar-refractivity contribution is -0.141. The van der Waals surface area contributed by atoms with E-state index in [1.807, 2.05) is 49.6 Å². The van der Waals surface area contributed by atoms with E-state index >= 15 is 0 Å². The number of nitrogens with zero attached hydrogens (tertiary/aromatic N) is 3. The number of fused-ring (bicyclic) bond motifs is 1. The maximum Gasteiger partial charge on any atom is 0.305 e. The molecule has 1 aliphatic rings. The van der Waals surface area contributed by atoms with Crippen LogP contribution in [-0.4, -0.2) is 56.8 Å². The predicted molar refractivity (Wildman–Crippen MR) is 153 cm³/mol. The molecule has 0 N–H and O–H groups in total. The summed E-state index contributed by atoms with van der Waals surface area (Å²) in [5, 5.41) is 4.31. The summed E-state index contributed by atoms with van der Waals surface area (Å²) in [4.78, 5) is 12.9. The molecule has 0 amide bonds. The Morgan fingerprint density at radius 2 is 2.00 bits per heavy atom. The number of aryl methyl sites for hydroxylation is 1. The Balaban J connectivity index is 1.75. The zero-order valence-electron chi connectivity index (χ0n) is 22.5. The van der Waals surface area contributed by atoms with Gasteiger partial charge >= 0.3 is 5.97 Å². The number of carbonyl (C=O) groups excluding carboxylic acids is 1. The highest BCUT2D eigenvalue weighted by Crippen LogP contribution is 2.40. The number of sulfonamides is 1. The lowest BCUT2D eigenvalue weighted by atomic mass is 10.1. The molecule has 0 fully saturated rings. The van der Waals surface area contributed by atoms with E-state index < -0.39 is 16.1 Å². The molecule has 1 aliphatic heterocycles. The predicted octanol–water partition coefficient (Wildman–Crippen LogP) is 5.10. The zero-order valence-corrected chi connectivity index (χ0v) is 24.1. The van der Waals surface area contributed by atoms with Gasteiger partial charge in [0, 0.05) is 24.1 Å². The van der Waals surface area contributed by atoms with Crippen LogP contribution in [0.4, 0.5) is 5.69 Å². The fraction of sp³-hybridized carbons (Fsp3) is 0.357. The van der Waals surface area contributed by atoms with Crippen molar-refractivity contribution in [1.29, 1.82) is 0 Å². The lowest BCUT2D eigenvalue weighted by Gasteiger charge is -2.35. The van der Waals surface area contributed by atoms with Gasteiger partial charge in [0.1, 0.15) is 11.9 Å². The normalized spacial score (nSPS) is 15.2. The number of methoxy groups -OCH3 is 1. The molecule has 0 spiro atoms. The minimum absolute atomic E-state index is 0.0133. The van der Waals surface area contributed by atoms with E-state index in [9.17, 15) is 13.2 Å². The molecule has 0 bridgehead atoms. The molecule has 0 aliphatic carbocycles. The third-order valence-corrected chi connectivity index (χ3v) is 8.85. The van der Waals surface area contributed by atoms with Crippen LogP contribution in [0, 0.1) is 0 Å². The van der Waals surface area contributed by atoms with Crippen molar-refractivity contribution >= 4 is 45.6 Å². The second-order valence-electron chi connectivity index (χ2n) is 8.78. The molecule has 3 aromatic rings. The smallest absolute Gasteiger partial charge is 0.305 e. The Bertz CT molecular complexity index is 1450. The third-order valence-electron chi connectivity index (χ3n) is 6.28. The third kappa shape index (κ3) is 6.42. The second kappa shape index (κ2) is 12.6. The molecule has 2 aromatic carbocycles. The minimum atomic E-state index is -4.09. The van der Waals surface area contributed by atoms with Gasteiger partial charge in [-0.1, -0.05) is 36.4 Å². The maximum absolute atomic E-state index is 14.1. The van der Waals surface area contributed by atoms with Crippen molar-refractivity contribution in [3.63, 3.8) is 0 Å². The van der Waals surface area contributed by atoms with Crippen LogP contribution in [0.2, 0.25) is 0 Å². The summed E-state index contributed by atoms with van der Waals surface area (Å²) in [6, 6.07) is 13.5. The average Bonchev–Trinajstić information content (AvgIpc) is 3.38. The lowest BCUT2D eigenvalue weighted by Crippen LogP contribution is -2.43. The number of anilines is 1. The number of esters is 1. The molecule has 39 heavy (non-hydrogen) atoms. The maximum atomic E-state index is 14.1. The molecule has 0 radical (unpaired) electrons. The SMILES string of the molecule is CCOc1nn(CC)cc1S(=O)(=O)N1C[C@H](CCC(=O)OC)Oc2ccc(/C=C/c3ccccc3SC)cc21. The number of aromatic nitrogens is 2. The van der Waals surface area contributed by atoms with Crippen LogP contribution in [0.1, 0.15) is 37.8 Å². The summed E-state index contributed by atoms with van der Waals surface area (Å²) in [5.41, 5.74) is 2.30. The van der Waals surface area contributed by atoms with E-state index in [1.165, 1.54) is 22.3 Å². The first-order valence-corrected chi connectivity index (χ1v) is 15.4. The van der Waals surface area contributed by atoms with Crippen LogP contribution >= 0.6 is 11.8 Å². The van der Waals surface area contributed by atoms with E-state index in [0.29, 0.717) is 24.4 Å². The Hall–Kier alpha value is -3.44. The van der Waals surface area contributed by atoms with E-state index in [-0.39, 0.29) is 36.3 Å². The van der Waals surface area contributed by atoms with Crippen molar-refractivity contribution in [3.05, 3.63) is 59.8 Å². The summed E-state index contributed by atoms with van der Waals surface area (Å²) in [5.74, 6) is 0.0955. The van der Waals surface area contributed by atoms with Crippen molar-refractivity contribution in [2.75, 3.05) is 30.8 Å².